The number of hydrogen-bond donors (Lipinski definition) is 1. The van der Waals surface area contributed by atoms with E-state index in [1.54, 1.807) is 30.3 Å². The van der Waals surface area contributed by atoms with E-state index in [1.165, 1.54) is 23.0 Å². The van der Waals surface area contributed by atoms with Gasteiger partial charge in [0.25, 0.3) is 5.56 Å². The standard InChI is InChI=1S/C18H11ClFN5O2S/c19-10-5-6-11(13(20)7-10)16-23-24-18(28-16)22-15(26)8-25-9-21-14-4-2-1-3-12(14)17(25)27/h1-7,9H,8H2,(H,22,24,26). The molecular weight excluding hydrogens is 405 g/mol. The monoisotopic (exact) mass is 415 g/mol. The molecule has 1 amide bonds. The van der Waals surface area contributed by atoms with Crippen LogP contribution >= 0.6 is 22.9 Å². The van der Waals surface area contributed by atoms with E-state index in [-0.39, 0.29) is 27.8 Å². The molecule has 4 aromatic rings. The second kappa shape index (κ2) is 7.45. The van der Waals surface area contributed by atoms with Gasteiger partial charge in [-0.2, -0.15) is 0 Å². The van der Waals surface area contributed by atoms with Gasteiger partial charge in [0.15, 0.2) is 5.01 Å². The van der Waals surface area contributed by atoms with Crippen molar-refractivity contribution in [3.05, 3.63) is 70.0 Å². The molecule has 0 unspecified atom stereocenters. The van der Waals surface area contributed by atoms with Crippen LogP contribution in [-0.4, -0.2) is 25.7 Å². The van der Waals surface area contributed by atoms with Crippen molar-refractivity contribution in [2.75, 3.05) is 5.32 Å². The minimum Gasteiger partial charge on any atom is -0.299 e. The molecule has 0 spiro atoms. The average Bonchev–Trinajstić information content (AvgIpc) is 3.12. The van der Waals surface area contributed by atoms with Crippen LogP contribution in [0.1, 0.15) is 0 Å². The van der Waals surface area contributed by atoms with Gasteiger partial charge in [-0.15, -0.1) is 10.2 Å². The summed E-state index contributed by atoms with van der Waals surface area (Å²) in [4.78, 5) is 28.9. The van der Waals surface area contributed by atoms with Gasteiger partial charge >= 0.3 is 0 Å². The minimum atomic E-state index is -0.532. The summed E-state index contributed by atoms with van der Waals surface area (Å²) in [5, 5.41) is 11.5. The Balaban J connectivity index is 1.51. The summed E-state index contributed by atoms with van der Waals surface area (Å²) in [5.74, 6) is -1.01. The predicted octanol–water partition coefficient (Wildman–Crippen LogP) is 3.35. The zero-order valence-electron chi connectivity index (χ0n) is 14.1. The van der Waals surface area contributed by atoms with Crippen LogP contribution in [0.5, 0.6) is 0 Å². The third-order valence-electron chi connectivity index (χ3n) is 3.88. The van der Waals surface area contributed by atoms with E-state index in [0.29, 0.717) is 15.9 Å². The number of carbonyl (C=O) groups excluding carboxylic acids is 1. The molecule has 2 aromatic carbocycles. The van der Waals surface area contributed by atoms with Gasteiger partial charge in [0, 0.05) is 10.6 Å². The molecule has 2 heterocycles. The molecule has 0 saturated heterocycles. The smallest absolute Gasteiger partial charge is 0.261 e. The Kier molecular flexibility index (Phi) is 4.84. The Morgan fingerprint density at radius 2 is 2.04 bits per heavy atom. The number of para-hydroxylation sites is 1. The lowest BCUT2D eigenvalue weighted by Gasteiger charge is -2.06. The molecule has 10 heteroatoms. The highest BCUT2D eigenvalue weighted by Gasteiger charge is 2.14. The summed E-state index contributed by atoms with van der Waals surface area (Å²) in [6.07, 6.45) is 1.32. The van der Waals surface area contributed by atoms with E-state index in [4.69, 9.17) is 11.6 Å². The van der Waals surface area contributed by atoms with Gasteiger partial charge in [0.2, 0.25) is 11.0 Å². The van der Waals surface area contributed by atoms with Crippen LogP contribution in [0.15, 0.2) is 53.6 Å². The van der Waals surface area contributed by atoms with E-state index < -0.39 is 11.7 Å². The fourth-order valence-electron chi connectivity index (χ4n) is 2.58. The number of nitrogens with one attached hydrogen (secondary N) is 1. The van der Waals surface area contributed by atoms with Gasteiger partial charge in [-0.1, -0.05) is 35.1 Å². The van der Waals surface area contributed by atoms with Crippen LogP contribution in [0, 0.1) is 5.82 Å². The first kappa shape index (κ1) is 18.2. The van der Waals surface area contributed by atoms with Crippen molar-refractivity contribution in [3.63, 3.8) is 0 Å². The molecule has 140 valence electrons. The van der Waals surface area contributed by atoms with Crippen LogP contribution < -0.4 is 10.9 Å². The second-order valence-corrected chi connectivity index (χ2v) is 7.19. The Hall–Kier alpha value is -3.17. The summed E-state index contributed by atoms with van der Waals surface area (Å²) >= 11 is 6.75. The fourth-order valence-corrected chi connectivity index (χ4v) is 3.52. The first-order valence-electron chi connectivity index (χ1n) is 8.04. The fraction of sp³-hybridized carbons (Fsp3) is 0.0556. The number of amides is 1. The Morgan fingerprint density at radius 1 is 1.21 bits per heavy atom. The van der Waals surface area contributed by atoms with Crippen molar-refractivity contribution in [2.45, 2.75) is 6.54 Å². The lowest BCUT2D eigenvalue weighted by Crippen LogP contribution is -2.27. The van der Waals surface area contributed by atoms with E-state index in [2.05, 4.69) is 20.5 Å². The first-order chi connectivity index (χ1) is 13.5. The van der Waals surface area contributed by atoms with Gasteiger partial charge in [0.1, 0.15) is 12.4 Å². The number of fused-ring (bicyclic) bond motifs is 1. The lowest BCUT2D eigenvalue weighted by atomic mass is 10.2. The van der Waals surface area contributed by atoms with Crippen LogP contribution in [0.25, 0.3) is 21.5 Å². The van der Waals surface area contributed by atoms with Crippen LogP contribution in [0.4, 0.5) is 9.52 Å². The number of halogens is 2. The van der Waals surface area contributed by atoms with Crippen LogP contribution in [0.3, 0.4) is 0 Å². The molecule has 2 aromatic heterocycles. The summed E-state index contributed by atoms with van der Waals surface area (Å²) in [7, 11) is 0. The SMILES string of the molecule is O=C(Cn1cnc2ccccc2c1=O)Nc1nnc(-c2ccc(Cl)cc2F)s1. The number of rotatable bonds is 4. The zero-order chi connectivity index (χ0) is 19.7. The third-order valence-corrected chi connectivity index (χ3v) is 4.99. The number of anilines is 1. The Morgan fingerprint density at radius 3 is 2.86 bits per heavy atom. The van der Waals surface area contributed by atoms with Crippen molar-refractivity contribution in [3.8, 4) is 10.6 Å². The Bertz CT molecular complexity index is 1260. The highest BCUT2D eigenvalue weighted by Crippen LogP contribution is 2.29. The Labute approximate surface area is 166 Å². The molecule has 28 heavy (non-hydrogen) atoms. The molecule has 0 atom stereocenters. The van der Waals surface area contributed by atoms with Crippen LogP contribution in [-0.2, 0) is 11.3 Å². The molecule has 0 aliphatic heterocycles. The van der Waals surface area contributed by atoms with Crippen molar-refractivity contribution >= 4 is 44.9 Å². The quantitative estimate of drug-likeness (QED) is 0.552. The molecule has 0 aliphatic carbocycles. The molecule has 4 rings (SSSR count). The van der Waals surface area contributed by atoms with Crippen molar-refractivity contribution in [2.24, 2.45) is 0 Å². The zero-order valence-corrected chi connectivity index (χ0v) is 15.7. The average molecular weight is 416 g/mol. The summed E-state index contributed by atoms with van der Waals surface area (Å²) < 4.78 is 15.2. The van der Waals surface area contributed by atoms with Crippen LogP contribution in [0.2, 0.25) is 5.02 Å². The molecule has 1 N–H and O–H groups in total. The number of aromatic nitrogens is 4. The second-order valence-electron chi connectivity index (χ2n) is 5.78. The number of hydrogen-bond acceptors (Lipinski definition) is 6. The van der Waals surface area contributed by atoms with Crippen molar-refractivity contribution in [1.82, 2.24) is 19.7 Å². The van der Waals surface area contributed by atoms with Gasteiger partial charge in [-0.3, -0.25) is 19.5 Å². The van der Waals surface area contributed by atoms with E-state index >= 15 is 0 Å². The molecular formula is C18H11ClFN5O2S. The predicted molar refractivity (Wildman–Crippen MR) is 105 cm³/mol. The highest BCUT2D eigenvalue weighted by molar-refractivity contribution is 7.18. The van der Waals surface area contributed by atoms with E-state index in [1.807, 2.05) is 0 Å². The van der Waals surface area contributed by atoms with Gasteiger partial charge in [0.05, 0.1) is 17.2 Å². The van der Waals surface area contributed by atoms with Crippen molar-refractivity contribution in [1.29, 1.82) is 0 Å². The maximum atomic E-state index is 14.0. The van der Waals surface area contributed by atoms with E-state index in [9.17, 15) is 14.0 Å². The van der Waals surface area contributed by atoms with Crippen molar-refractivity contribution < 1.29 is 9.18 Å². The maximum absolute atomic E-state index is 14.0. The number of nitrogens with zero attached hydrogens (tertiary/aromatic N) is 4. The maximum Gasteiger partial charge on any atom is 0.261 e. The molecule has 0 saturated carbocycles. The topological polar surface area (TPSA) is 89.8 Å². The summed E-state index contributed by atoms with van der Waals surface area (Å²) in [6, 6.07) is 11.1. The van der Waals surface area contributed by atoms with Gasteiger partial charge < -0.3 is 0 Å². The molecule has 0 radical (unpaired) electrons. The highest BCUT2D eigenvalue weighted by atomic mass is 35.5. The van der Waals surface area contributed by atoms with E-state index in [0.717, 1.165) is 11.3 Å². The van der Waals surface area contributed by atoms with Gasteiger partial charge in [-0.05, 0) is 30.3 Å². The lowest BCUT2D eigenvalue weighted by molar-refractivity contribution is -0.116. The summed E-state index contributed by atoms with van der Waals surface area (Å²) in [5.41, 5.74) is 0.474. The number of benzene rings is 2. The molecule has 0 aliphatic rings. The minimum absolute atomic E-state index is 0.191. The summed E-state index contributed by atoms with van der Waals surface area (Å²) in [6.45, 7) is -0.235. The normalized spacial score (nSPS) is 10.9. The van der Waals surface area contributed by atoms with Gasteiger partial charge in [-0.25, -0.2) is 9.37 Å². The third kappa shape index (κ3) is 3.62. The first-order valence-corrected chi connectivity index (χ1v) is 9.23. The molecule has 0 fully saturated rings. The largest absolute Gasteiger partial charge is 0.299 e. The molecule has 0 bridgehead atoms. The number of carbonyl (C=O) groups is 1. The molecule has 7 nitrogen and oxygen atoms in total.